The minimum absolute atomic E-state index is 0.00287. The summed E-state index contributed by atoms with van der Waals surface area (Å²) in [6.45, 7) is -0.00287. The molecule has 1 aromatic heterocycles. The monoisotopic (exact) mass is 688 g/mol. The van der Waals surface area contributed by atoms with Crippen molar-refractivity contribution < 1.29 is 0 Å². The highest BCUT2D eigenvalue weighted by Gasteiger charge is 2.39. The number of allylic oxidation sites excluding steroid dienone is 2. The molecule has 5 heteroatoms. The molecule has 2 aliphatic heterocycles. The first-order valence-electron chi connectivity index (χ1n) is 18.3. The van der Waals surface area contributed by atoms with Crippen LogP contribution in [-0.2, 0) is 0 Å². The average molecular weight is 689 g/mol. The van der Waals surface area contributed by atoms with E-state index in [-0.39, 0.29) is 6.85 Å². The minimum atomic E-state index is -0.00287. The van der Waals surface area contributed by atoms with Crippen LogP contribution in [0.2, 0.25) is 0 Å². The molecule has 0 amide bonds. The van der Waals surface area contributed by atoms with Crippen molar-refractivity contribution in [2.24, 2.45) is 0 Å². The molecule has 0 bridgehead atoms. The maximum absolute atomic E-state index is 5.23. The van der Waals surface area contributed by atoms with Gasteiger partial charge in [0.1, 0.15) is 0 Å². The molecule has 0 spiro atoms. The second kappa shape index (κ2) is 13.5. The van der Waals surface area contributed by atoms with Gasteiger partial charge in [-0.2, -0.15) is 0 Å². The SMILES string of the molecule is C1=CN2B(C(c3ccccc3)=C1)c1ccccc1-c1c(-c3ccccc3)cc(-c3nc(-c4ccccc4)nc(-c4ccc(-c5ccccc5)cc4)n3)cc12. The first kappa shape index (κ1) is 31.6. The van der Waals surface area contributed by atoms with Crippen LogP contribution in [0.3, 0.4) is 0 Å². The Morgan fingerprint density at radius 1 is 0.389 bits per heavy atom. The maximum atomic E-state index is 5.23. The van der Waals surface area contributed by atoms with E-state index in [0.717, 1.165) is 39.1 Å². The molecule has 0 N–H and O–H groups in total. The molecule has 2 aliphatic rings. The normalized spacial score (nSPS) is 12.8. The summed E-state index contributed by atoms with van der Waals surface area (Å²) in [5, 5.41) is 0. The summed E-state index contributed by atoms with van der Waals surface area (Å²) in [7, 11) is 0. The summed E-state index contributed by atoms with van der Waals surface area (Å²) in [6.07, 6.45) is 6.64. The number of hydrogen-bond donors (Lipinski definition) is 0. The summed E-state index contributed by atoms with van der Waals surface area (Å²) < 4.78 is 0. The molecule has 252 valence electrons. The van der Waals surface area contributed by atoms with Gasteiger partial charge < -0.3 is 4.81 Å². The molecule has 0 fully saturated rings. The Labute approximate surface area is 315 Å². The number of rotatable bonds is 6. The minimum Gasteiger partial charge on any atom is -0.382 e. The Bertz CT molecular complexity index is 2690. The topological polar surface area (TPSA) is 41.9 Å². The molecule has 0 atom stereocenters. The second-order valence-corrected chi connectivity index (χ2v) is 13.6. The van der Waals surface area contributed by atoms with E-state index in [2.05, 4.69) is 181 Å². The van der Waals surface area contributed by atoms with Crippen LogP contribution >= 0.6 is 0 Å². The van der Waals surface area contributed by atoms with Crippen molar-refractivity contribution in [2.45, 2.75) is 0 Å². The van der Waals surface area contributed by atoms with Gasteiger partial charge in [0, 0.05) is 27.9 Å². The molecule has 7 aromatic carbocycles. The van der Waals surface area contributed by atoms with E-state index in [0.29, 0.717) is 17.5 Å². The lowest BCUT2D eigenvalue weighted by molar-refractivity contribution is 1.07. The van der Waals surface area contributed by atoms with E-state index in [1.165, 1.54) is 33.2 Å². The van der Waals surface area contributed by atoms with Crippen molar-refractivity contribution in [1.82, 2.24) is 15.0 Å². The molecule has 0 unspecified atom stereocenters. The fourth-order valence-corrected chi connectivity index (χ4v) is 7.83. The highest BCUT2D eigenvalue weighted by atomic mass is 15.1. The van der Waals surface area contributed by atoms with Gasteiger partial charge >= 0.3 is 6.85 Å². The molecule has 4 nitrogen and oxygen atoms in total. The lowest BCUT2D eigenvalue weighted by atomic mass is 9.43. The van der Waals surface area contributed by atoms with Crippen molar-refractivity contribution in [3.8, 4) is 67.5 Å². The standard InChI is InChI=1S/C49H33BN4/c1-5-16-34(17-6-1)35-27-29-39(30-28-35)48-51-47(38-22-11-4-12-23-38)52-49(53-48)40-32-42(36-18-7-2-8-19-36)46-41-24-13-14-25-44(41)50-43(37-20-9-3-10-21-37)26-15-31-54(50)45(46)33-40/h1-33H. The molecule has 54 heavy (non-hydrogen) atoms. The zero-order chi connectivity index (χ0) is 35.8. The summed E-state index contributed by atoms with van der Waals surface area (Å²) in [6, 6.07) is 63.9. The average Bonchev–Trinajstić information content (AvgIpc) is 3.27. The van der Waals surface area contributed by atoms with Gasteiger partial charge in [-0.15, -0.1) is 0 Å². The number of fused-ring (bicyclic) bond motifs is 6. The molecule has 8 aromatic rings. The summed E-state index contributed by atoms with van der Waals surface area (Å²) in [4.78, 5) is 17.9. The predicted molar refractivity (Wildman–Crippen MR) is 224 cm³/mol. The first-order chi connectivity index (χ1) is 26.8. The Kier molecular flexibility index (Phi) is 7.88. The van der Waals surface area contributed by atoms with Gasteiger partial charge in [0.05, 0.1) is 0 Å². The summed E-state index contributed by atoms with van der Waals surface area (Å²) in [5.74, 6) is 1.89. The van der Waals surface area contributed by atoms with Crippen LogP contribution in [-0.4, -0.2) is 21.8 Å². The smallest absolute Gasteiger partial charge is 0.328 e. The molecule has 0 saturated carbocycles. The van der Waals surface area contributed by atoms with Gasteiger partial charge in [0.25, 0.3) is 0 Å². The van der Waals surface area contributed by atoms with E-state index < -0.39 is 0 Å². The lowest BCUT2D eigenvalue weighted by Crippen LogP contribution is -2.51. The second-order valence-electron chi connectivity index (χ2n) is 13.6. The summed E-state index contributed by atoms with van der Waals surface area (Å²) >= 11 is 0. The first-order valence-corrected chi connectivity index (χ1v) is 18.3. The number of hydrogen-bond acceptors (Lipinski definition) is 4. The van der Waals surface area contributed by atoms with Crippen molar-refractivity contribution in [1.29, 1.82) is 0 Å². The van der Waals surface area contributed by atoms with E-state index in [1.54, 1.807) is 0 Å². The molecule has 10 rings (SSSR count). The van der Waals surface area contributed by atoms with Gasteiger partial charge in [0.2, 0.25) is 0 Å². The van der Waals surface area contributed by atoms with Gasteiger partial charge in [-0.25, -0.2) is 15.0 Å². The van der Waals surface area contributed by atoms with E-state index >= 15 is 0 Å². The molecular weight excluding hydrogens is 655 g/mol. The number of anilines is 1. The van der Waals surface area contributed by atoms with Gasteiger partial charge in [0.15, 0.2) is 17.5 Å². The number of aromatic nitrogens is 3. The number of benzene rings is 7. The van der Waals surface area contributed by atoms with Gasteiger partial charge in [-0.1, -0.05) is 176 Å². The molecule has 3 heterocycles. The Hall–Kier alpha value is -7.11. The van der Waals surface area contributed by atoms with E-state index in [1.807, 2.05) is 24.3 Å². The Balaban J connectivity index is 1.19. The van der Waals surface area contributed by atoms with E-state index in [4.69, 9.17) is 15.0 Å². The third-order valence-corrected chi connectivity index (χ3v) is 10.4. The van der Waals surface area contributed by atoms with E-state index in [9.17, 15) is 0 Å². The van der Waals surface area contributed by atoms with Crippen molar-refractivity contribution >= 4 is 23.5 Å². The van der Waals surface area contributed by atoms with Gasteiger partial charge in [-0.3, -0.25) is 0 Å². The van der Waals surface area contributed by atoms with Crippen molar-refractivity contribution in [3.05, 3.63) is 206 Å². The molecule has 0 radical (unpaired) electrons. The largest absolute Gasteiger partial charge is 0.382 e. The predicted octanol–water partition coefficient (Wildman–Crippen LogP) is 11.0. The van der Waals surface area contributed by atoms with Crippen molar-refractivity contribution in [2.75, 3.05) is 4.81 Å². The van der Waals surface area contributed by atoms with Crippen LogP contribution < -0.4 is 10.3 Å². The Morgan fingerprint density at radius 2 is 0.870 bits per heavy atom. The number of nitrogens with zero attached hydrogens (tertiary/aromatic N) is 4. The van der Waals surface area contributed by atoms with Crippen LogP contribution in [0, 0.1) is 0 Å². The zero-order valence-electron chi connectivity index (χ0n) is 29.4. The fraction of sp³-hybridized carbons (Fsp3) is 0. The molecule has 0 aliphatic carbocycles. The van der Waals surface area contributed by atoms with Crippen LogP contribution in [0.1, 0.15) is 5.56 Å². The zero-order valence-corrected chi connectivity index (χ0v) is 29.4. The van der Waals surface area contributed by atoms with Crippen LogP contribution in [0.25, 0.3) is 73.0 Å². The van der Waals surface area contributed by atoms with Crippen molar-refractivity contribution in [3.63, 3.8) is 0 Å². The maximum Gasteiger partial charge on any atom is 0.328 e. The van der Waals surface area contributed by atoms with Crippen LogP contribution in [0.4, 0.5) is 5.69 Å². The highest BCUT2D eigenvalue weighted by molar-refractivity contribution is 6.94. The quantitative estimate of drug-likeness (QED) is 0.163. The molecule has 0 saturated heterocycles. The third kappa shape index (κ3) is 5.64. The third-order valence-electron chi connectivity index (χ3n) is 10.4. The highest BCUT2D eigenvalue weighted by Crippen LogP contribution is 2.47. The van der Waals surface area contributed by atoms with Crippen LogP contribution in [0.5, 0.6) is 0 Å². The van der Waals surface area contributed by atoms with Crippen LogP contribution in [0.15, 0.2) is 200 Å². The fourth-order valence-electron chi connectivity index (χ4n) is 7.83. The van der Waals surface area contributed by atoms with Gasteiger partial charge in [-0.05, 0) is 68.7 Å². The lowest BCUT2D eigenvalue weighted by Gasteiger charge is -2.40. The molecular formula is C49H33BN4. The summed E-state index contributed by atoms with van der Waals surface area (Å²) in [5.41, 5.74) is 14.7. The Morgan fingerprint density at radius 3 is 1.52 bits per heavy atom.